The van der Waals surface area contributed by atoms with Crippen molar-refractivity contribution in [3.05, 3.63) is 71.9 Å². The minimum atomic E-state index is -0.624. The van der Waals surface area contributed by atoms with Gasteiger partial charge >= 0.3 is 0 Å². The number of aryl methyl sites for hydroxylation is 1. The first-order chi connectivity index (χ1) is 16.6. The van der Waals surface area contributed by atoms with E-state index in [1.165, 1.54) is 12.1 Å². The summed E-state index contributed by atoms with van der Waals surface area (Å²) in [5, 5.41) is 2.88. The number of imidazole rings is 1. The molecule has 0 bridgehead atoms. The van der Waals surface area contributed by atoms with Crippen molar-refractivity contribution in [2.75, 3.05) is 11.9 Å². The van der Waals surface area contributed by atoms with Crippen LogP contribution in [0.15, 0.2) is 54.9 Å². The molecule has 5 rings (SSSR count). The number of aromatic nitrogens is 4. The number of benzene rings is 1. The fraction of sp³-hybridized carbons (Fsp3) is 0.250. The van der Waals surface area contributed by atoms with Crippen LogP contribution in [-0.4, -0.2) is 38.2 Å². The third kappa shape index (κ3) is 4.59. The molecule has 0 saturated carbocycles. The second-order valence-electron chi connectivity index (χ2n) is 7.90. The van der Waals surface area contributed by atoms with Crippen LogP contribution in [0.25, 0.3) is 17.0 Å². The van der Waals surface area contributed by atoms with E-state index in [0.29, 0.717) is 18.7 Å². The van der Waals surface area contributed by atoms with Crippen molar-refractivity contribution < 1.29 is 18.8 Å². The normalized spacial score (nSPS) is 15.9. The number of amides is 1. The smallest absolute Gasteiger partial charge is 0.275 e. The van der Waals surface area contributed by atoms with E-state index >= 15 is 0 Å². The van der Waals surface area contributed by atoms with Crippen LogP contribution in [0, 0.1) is 12.7 Å². The summed E-state index contributed by atoms with van der Waals surface area (Å²) in [4.78, 5) is 30.9. The number of carbonyl (C=O) groups is 1. The largest absolute Gasteiger partial charge is 0.350 e. The number of hydrogen-bond donors (Lipinski definition) is 2. The van der Waals surface area contributed by atoms with Gasteiger partial charge < -0.3 is 10.1 Å². The molecule has 4 heterocycles. The van der Waals surface area contributed by atoms with E-state index < -0.39 is 18.0 Å². The van der Waals surface area contributed by atoms with Gasteiger partial charge in [-0.25, -0.2) is 29.7 Å². The van der Waals surface area contributed by atoms with Gasteiger partial charge in [0.25, 0.3) is 5.91 Å². The molecule has 1 fully saturated rings. The van der Waals surface area contributed by atoms with Gasteiger partial charge in [-0.15, -0.1) is 0 Å². The molecule has 0 radical (unpaired) electrons. The molecule has 4 aromatic rings. The molecular formula is C24H23FN6O3. The predicted octanol–water partition coefficient (Wildman–Crippen LogP) is 4.17. The average Bonchev–Trinajstić information content (AvgIpc) is 3.20. The highest BCUT2D eigenvalue weighted by molar-refractivity contribution is 5.93. The van der Waals surface area contributed by atoms with Crippen LogP contribution in [0.1, 0.15) is 35.3 Å². The third-order valence-corrected chi connectivity index (χ3v) is 5.50. The van der Waals surface area contributed by atoms with Crippen LogP contribution >= 0.6 is 0 Å². The third-order valence-electron chi connectivity index (χ3n) is 5.50. The molecule has 1 aliphatic rings. The number of hydrogen-bond acceptors (Lipinski definition) is 7. The maximum Gasteiger partial charge on any atom is 0.275 e. The zero-order chi connectivity index (χ0) is 23.5. The predicted molar refractivity (Wildman–Crippen MR) is 123 cm³/mol. The SMILES string of the molecule is Cc1nc2ccccn2c1-c1ccnc(Nc2ccc(C(=O)NOC3CCCCO3)cc2F)n1. The fourth-order valence-corrected chi connectivity index (χ4v) is 3.83. The highest BCUT2D eigenvalue weighted by atomic mass is 19.1. The number of nitrogens with one attached hydrogen (secondary N) is 2. The monoisotopic (exact) mass is 462 g/mol. The van der Waals surface area contributed by atoms with Crippen LogP contribution < -0.4 is 10.8 Å². The van der Waals surface area contributed by atoms with Gasteiger partial charge in [0.05, 0.1) is 22.8 Å². The van der Waals surface area contributed by atoms with E-state index in [4.69, 9.17) is 9.57 Å². The Morgan fingerprint density at radius 3 is 2.94 bits per heavy atom. The van der Waals surface area contributed by atoms with Gasteiger partial charge in [-0.05, 0) is 56.2 Å². The number of anilines is 2. The lowest BCUT2D eigenvalue weighted by Crippen LogP contribution is -2.33. The molecule has 34 heavy (non-hydrogen) atoms. The van der Waals surface area contributed by atoms with Gasteiger partial charge in [0.1, 0.15) is 11.5 Å². The number of halogens is 1. The zero-order valence-electron chi connectivity index (χ0n) is 18.5. The second kappa shape index (κ2) is 9.54. The molecule has 10 heteroatoms. The lowest BCUT2D eigenvalue weighted by molar-refractivity contribution is -0.186. The van der Waals surface area contributed by atoms with Crippen LogP contribution in [0.2, 0.25) is 0 Å². The maximum absolute atomic E-state index is 14.8. The van der Waals surface area contributed by atoms with Gasteiger partial charge in [0.15, 0.2) is 6.29 Å². The van der Waals surface area contributed by atoms with E-state index in [9.17, 15) is 9.18 Å². The number of carbonyl (C=O) groups excluding carboxylic acids is 1. The summed E-state index contributed by atoms with van der Waals surface area (Å²) in [6, 6.07) is 11.6. The van der Waals surface area contributed by atoms with Crippen LogP contribution in [0.5, 0.6) is 0 Å². The Kier molecular flexibility index (Phi) is 6.15. The van der Waals surface area contributed by atoms with E-state index in [1.807, 2.05) is 35.7 Å². The first-order valence-corrected chi connectivity index (χ1v) is 11.0. The summed E-state index contributed by atoms with van der Waals surface area (Å²) in [7, 11) is 0. The summed E-state index contributed by atoms with van der Waals surface area (Å²) < 4.78 is 22.1. The van der Waals surface area contributed by atoms with Gasteiger partial charge in [0.2, 0.25) is 5.95 Å². The van der Waals surface area contributed by atoms with Gasteiger partial charge in [0, 0.05) is 31.0 Å². The molecule has 1 unspecified atom stereocenters. The minimum Gasteiger partial charge on any atom is -0.350 e. The highest BCUT2D eigenvalue weighted by Gasteiger charge is 2.18. The first-order valence-electron chi connectivity index (χ1n) is 11.0. The van der Waals surface area contributed by atoms with Crippen molar-refractivity contribution in [2.45, 2.75) is 32.5 Å². The number of ether oxygens (including phenoxy) is 1. The van der Waals surface area contributed by atoms with E-state index in [2.05, 4.69) is 25.7 Å². The summed E-state index contributed by atoms with van der Waals surface area (Å²) in [6.07, 6.45) is 5.66. The summed E-state index contributed by atoms with van der Waals surface area (Å²) in [5.41, 5.74) is 5.68. The molecule has 174 valence electrons. The Bertz CT molecular complexity index is 1340. The molecule has 1 aromatic carbocycles. The second-order valence-corrected chi connectivity index (χ2v) is 7.90. The molecule has 1 aliphatic heterocycles. The highest BCUT2D eigenvalue weighted by Crippen LogP contribution is 2.25. The van der Waals surface area contributed by atoms with Crippen molar-refractivity contribution >= 4 is 23.2 Å². The Hall–Kier alpha value is -3.89. The number of pyridine rings is 1. The number of rotatable bonds is 6. The molecule has 1 saturated heterocycles. The Morgan fingerprint density at radius 2 is 2.12 bits per heavy atom. The Labute approximate surface area is 194 Å². The van der Waals surface area contributed by atoms with Crippen molar-refractivity contribution in [1.29, 1.82) is 0 Å². The average molecular weight is 462 g/mol. The molecule has 1 atom stereocenters. The Balaban J connectivity index is 1.31. The molecule has 9 nitrogen and oxygen atoms in total. The standard InChI is InChI=1S/C24H23FN6O3/c1-15-22(31-12-4-2-6-20(31)27-15)19-10-11-26-24(29-19)28-18-9-8-16(14-17(18)25)23(32)30-34-21-7-3-5-13-33-21/h2,4,6,8-12,14,21H,3,5,7,13H2,1H3,(H,30,32)(H,26,28,29). The molecule has 0 aliphatic carbocycles. The van der Waals surface area contributed by atoms with Gasteiger partial charge in [-0.3, -0.25) is 9.20 Å². The van der Waals surface area contributed by atoms with Crippen LogP contribution in [0.4, 0.5) is 16.0 Å². The van der Waals surface area contributed by atoms with Crippen molar-refractivity contribution in [1.82, 2.24) is 24.8 Å². The summed E-state index contributed by atoms with van der Waals surface area (Å²) in [5.74, 6) is -0.959. The van der Waals surface area contributed by atoms with E-state index in [-0.39, 0.29) is 17.2 Å². The number of hydroxylamine groups is 1. The zero-order valence-corrected chi connectivity index (χ0v) is 18.5. The number of fused-ring (bicyclic) bond motifs is 1. The fourth-order valence-electron chi connectivity index (χ4n) is 3.83. The maximum atomic E-state index is 14.8. The molecule has 2 N–H and O–H groups in total. The lowest BCUT2D eigenvalue weighted by atomic mass is 10.2. The van der Waals surface area contributed by atoms with Crippen molar-refractivity contribution in [3.8, 4) is 11.4 Å². The molecule has 3 aromatic heterocycles. The molecule has 1 amide bonds. The van der Waals surface area contributed by atoms with Crippen LogP contribution in [0.3, 0.4) is 0 Å². The molecule has 0 spiro atoms. The van der Waals surface area contributed by atoms with Gasteiger partial charge in [-0.1, -0.05) is 6.07 Å². The summed E-state index contributed by atoms with van der Waals surface area (Å²) >= 11 is 0. The number of nitrogens with zero attached hydrogens (tertiary/aromatic N) is 4. The minimum absolute atomic E-state index is 0.120. The lowest BCUT2D eigenvalue weighted by Gasteiger charge is -2.22. The van der Waals surface area contributed by atoms with Crippen molar-refractivity contribution in [2.24, 2.45) is 0 Å². The summed E-state index contributed by atoms with van der Waals surface area (Å²) in [6.45, 7) is 2.50. The van der Waals surface area contributed by atoms with Crippen LogP contribution in [-0.2, 0) is 9.57 Å². The molecular weight excluding hydrogens is 439 g/mol. The van der Waals surface area contributed by atoms with E-state index in [1.54, 1.807) is 12.3 Å². The van der Waals surface area contributed by atoms with E-state index in [0.717, 1.165) is 35.9 Å². The quantitative estimate of drug-likeness (QED) is 0.415. The van der Waals surface area contributed by atoms with Crippen molar-refractivity contribution in [3.63, 3.8) is 0 Å². The Morgan fingerprint density at radius 1 is 1.21 bits per heavy atom. The van der Waals surface area contributed by atoms with Gasteiger partial charge in [-0.2, -0.15) is 0 Å². The first kappa shape index (κ1) is 21.9. The topological polar surface area (TPSA) is 103 Å².